The molecular formula is C15H15BrF2N2O. The van der Waals surface area contributed by atoms with Gasteiger partial charge in [-0.05, 0) is 37.1 Å². The van der Waals surface area contributed by atoms with Crippen LogP contribution in [0.25, 0.3) is 0 Å². The Morgan fingerprint density at radius 1 is 1.24 bits per heavy atom. The Bertz CT molecular complexity index is 650. The third-order valence-corrected chi connectivity index (χ3v) is 3.67. The van der Waals surface area contributed by atoms with Crippen LogP contribution in [0.2, 0.25) is 0 Å². The summed E-state index contributed by atoms with van der Waals surface area (Å²) in [5, 5.41) is 2.80. The fourth-order valence-corrected chi connectivity index (χ4v) is 1.93. The topological polar surface area (TPSA) is 34.2 Å². The molecule has 0 saturated carbocycles. The molecule has 6 heteroatoms. The summed E-state index contributed by atoms with van der Waals surface area (Å²) < 4.78 is 33.7. The van der Waals surface area contributed by atoms with Gasteiger partial charge in [-0.1, -0.05) is 22.9 Å². The number of benzene rings is 1. The van der Waals surface area contributed by atoms with Crippen molar-refractivity contribution in [2.24, 2.45) is 0 Å². The lowest BCUT2D eigenvalue weighted by Gasteiger charge is -2.10. The van der Waals surface area contributed by atoms with Crippen LogP contribution in [-0.4, -0.2) is 11.5 Å². The van der Waals surface area contributed by atoms with Gasteiger partial charge in [-0.25, -0.2) is 8.78 Å². The van der Waals surface area contributed by atoms with Gasteiger partial charge in [0.25, 0.3) is 5.88 Å². The van der Waals surface area contributed by atoms with Crippen molar-refractivity contribution in [3.05, 3.63) is 45.9 Å². The normalized spacial score (nSPS) is 10.5. The molecule has 1 heterocycles. The molecule has 0 aliphatic heterocycles. The standard InChI is InChI=1S/C15H15BrF2N2O/c1-3-6-19-14-12(17)8-13(18)15(20-14)21-10-4-5-11(16)9(2)7-10/h4-5,7-8H,3,6H2,1-2H3,(H,19,20). The van der Waals surface area contributed by atoms with Crippen molar-refractivity contribution in [1.82, 2.24) is 4.98 Å². The summed E-state index contributed by atoms with van der Waals surface area (Å²) in [6.07, 6.45) is 0.806. The lowest BCUT2D eigenvalue weighted by Crippen LogP contribution is -2.06. The van der Waals surface area contributed by atoms with E-state index in [-0.39, 0.29) is 11.7 Å². The summed E-state index contributed by atoms with van der Waals surface area (Å²) in [5.74, 6) is -1.40. The number of aryl methyl sites for hydroxylation is 1. The molecule has 1 aromatic carbocycles. The average molecular weight is 357 g/mol. The number of rotatable bonds is 5. The first kappa shape index (κ1) is 15.7. The van der Waals surface area contributed by atoms with Gasteiger partial charge in [0.15, 0.2) is 17.5 Å². The van der Waals surface area contributed by atoms with E-state index in [9.17, 15) is 8.78 Å². The summed E-state index contributed by atoms with van der Waals surface area (Å²) in [4.78, 5) is 3.86. The minimum atomic E-state index is -0.838. The van der Waals surface area contributed by atoms with Crippen molar-refractivity contribution >= 4 is 21.7 Å². The molecule has 0 bridgehead atoms. The van der Waals surface area contributed by atoms with Crippen molar-refractivity contribution in [2.75, 3.05) is 11.9 Å². The molecule has 0 radical (unpaired) electrons. The molecule has 21 heavy (non-hydrogen) atoms. The predicted octanol–water partition coefficient (Wildman–Crippen LogP) is 5.04. The molecule has 0 spiro atoms. The van der Waals surface area contributed by atoms with E-state index in [1.807, 2.05) is 13.8 Å². The molecule has 0 unspecified atom stereocenters. The van der Waals surface area contributed by atoms with Gasteiger partial charge < -0.3 is 10.1 Å². The third kappa shape index (κ3) is 3.91. The highest BCUT2D eigenvalue weighted by atomic mass is 79.9. The summed E-state index contributed by atoms with van der Waals surface area (Å²) in [6.45, 7) is 4.38. The second-order valence-electron chi connectivity index (χ2n) is 4.55. The van der Waals surface area contributed by atoms with Crippen LogP contribution < -0.4 is 10.1 Å². The Morgan fingerprint density at radius 2 is 2.00 bits per heavy atom. The Balaban J connectivity index is 2.28. The van der Waals surface area contributed by atoms with Crippen LogP contribution in [0.5, 0.6) is 11.6 Å². The molecule has 0 aliphatic carbocycles. The van der Waals surface area contributed by atoms with Crippen molar-refractivity contribution < 1.29 is 13.5 Å². The molecule has 2 rings (SSSR count). The largest absolute Gasteiger partial charge is 0.436 e. The zero-order valence-electron chi connectivity index (χ0n) is 11.7. The van der Waals surface area contributed by atoms with Gasteiger partial charge in [-0.2, -0.15) is 4.98 Å². The van der Waals surface area contributed by atoms with Gasteiger partial charge >= 0.3 is 0 Å². The van der Waals surface area contributed by atoms with Gasteiger partial charge in [0.05, 0.1) is 0 Å². The molecule has 1 aromatic heterocycles. The minimum absolute atomic E-state index is 0.0120. The van der Waals surface area contributed by atoms with Crippen LogP contribution in [-0.2, 0) is 0 Å². The van der Waals surface area contributed by atoms with Crippen LogP contribution in [0, 0.1) is 18.6 Å². The molecule has 0 amide bonds. The molecule has 112 valence electrons. The van der Waals surface area contributed by atoms with Crippen molar-refractivity contribution in [1.29, 1.82) is 0 Å². The lowest BCUT2D eigenvalue weighted by atomic mass is 10.2. The number of ether oxygens (including phenoxy) is 1. The molecule has 0 fully saturated rings. The Morgan fingerprint density at radius 3 is 2.67 bits per heavy atom. The van der Waals surface area contributed by atoms with E-state index in [1.54, 1.807) is 18.2 Å². The highest BCUT2D eigenvalue weighted by Gasteiger charge is 2.14. The fraction of sp³-hybridized carbons (Fsp3) is 0.267. The van der Waals surface area contributed by atoms with E-state index in [0.29, 0.717) is 12.3 Å². The molecule has 1 N–H and O–H groups in total. The monoisotopic (exact) mass is 356 g/mol. The smallest absolute Gasteiger partial charge is 0.258 e. The van der Waals surface area contributed by atoms with E-state index in [0.717, 1.165) is 22.5 Å². The summed E-state index contributed by atoms with van der Waals surface area (Å²) >= 11 is 3.37. The second kappa shape index (κ2) is 6.85. The SMILES string of the molecule is CCCNc1nc(Oc2ccc(Br)c(C)c2)c(F)cc1F. The number of nitrogens with zero attached hydrogens (tertiary/aromatic N) is 1. The maximum atomic E-state index is 13.8. The second-order valence-corrected chi connectivity index (χ2v) is 5.40. The van der Waals surface area contributed by atoms with Crippen LogP contribution >= 0.6 is 15.9 Å². The summed E-state index contributed by atoms with van der Waals surface area (Å²) in [7, 11) is 0. The maximum Gasteiger partial charge on any atom is 0.258 e. The van der Waals surface area contributed by atoms with Gasteiger partial charge in [-0.3, -0.25) is 0 Å². The van der Waals surface area contributed by atoms with Gasteiger partial charge in [-0.15, -0.1) is 0 Å². The van der Waals surface area contributed by atoms with E-state index in [1.165, 1.54) is 0 Å². The first-order chi connectivity index (χ1) is 10.0. The highest BCUT2D eigenvalue weighted by molar-refractivity contribution is 9.10. The third-order valence-electron chi connectivity index (χ3n) is 2.78. The van der Waals surface area contributed by atoms with Crippen molar-refractivity contribution in [3.63, 3.8) is 0 Å². The molecule has 3 nitrogen and oxygen atoms in total. The number of halogens is 3. The minimum Gasteiger partial charge on any atom is -0.436 e. The maximum absolute atomic E-state index is 13.8. The zero-order valence-corrected chi connectivity index (χ0v) is 13.3. The predicted molar refractivity (Wildman–Crippen MR) is 81.9 cm³/mol. The van der Waals surface area contributed by atoms with Crippen molar-refractivity contribution in [2.45, 2.75) is 20.3 Å². The zero-order chi connectivity index (χ0) is 15.4. The van der Waals surface area contributed by atoms with E-state index < -0.39 is 11.6 Å². The van der Waals surface area contributed by atoms with Crippen LogP contribution in [0.15, 0.2) is 28.7 Å². The number of aromatic nitrogens is 1. The average Bonchev–Trinajstić information content (AvgIpc) is 2.44. The first-order valence-corrected chi connectivity index (χ1v) is 7.34. The number of hydrogen-bond donors (Lipinski definition) is 1. The van der Waals surface area contributed by atoms with Gasteiger partial charge in [0, 0.05) is 17.1 Å². The van der Waals surface area contributed by atoms with Crippen molar-refractivity contribution in [3.8, 4) is 11.6 Å². The first-order valence-electron chi connectivity index (χ1n) is 6.55. The quantitative estimate of drug-likeness (QED) is 0.814. The molecular weight excluding hydrogens is 342 g/mol. The van der Waals surface area contributed by atoms with E-state index in [4.69, 9.17) is 4.74 Å². The van der Waals surface area contributed by atoms with Crippen LogP contribution in [0.3, 0.4) is 0 Å². The Kier molecular flexibility index (Phi) is 5.12. The lowest BCUT2D eigenvalue weighted by molar-refractivity contribution is 0.417. The number of pyridine rings is 1. The molecule has 0 saturated heterocycles. The van der Waals surface area contributed by atoms with Crippen LogP contribution in [0.4, 0.5) is 14.6 Å². The Labute approximate surface area is 130 Å². The Hall–Kier alpha value is -1.69. The number of nitrogens with one attached hydrogen (secondary N) is 1. The summed E-state index contributed by atoms with van der Waals surface area (Å²) in [5.41, 5.74) is 0.944. The molecule has 2 aromatic rings. The molecule has 0 atom stereocenters. The number of anilines is 1. The number of hydrogen-bond acceptors (Lipinski definition) is 3. The fourth-order valence-electron chi connectivity index (χ4n) is 1.68. The van der Waals surface area contributed by atoms with E-state index >= 15 is 0 Å². The highest BCUT2D eigenvalue weighted by Crippen LogP contribution is 2.28. The van der Waals surface area contributed by atoms with Gasteiger partial charge in [0.2, 0.25) is 0 Å². The van der Waals surface area contributed by atoms with Crippen LogP contribution in [0.1, 0.15) is 18.9 Å². The summed E-state index contributed by atoms with van der Waals surface area (Å²) in [6, 6.07) is 5.99. The molecule has 0 aliphatic rings. The van der Waals surface area contributed by atoms with E-state index in [2.05, 4.69) is 26.2 Å². The van der Waals surface area contributed by atoms with Gasteiger partial charge in [0.1, 0.15) is 5.75 Å².